The number of aromatic nitrogens is 3. The van der Waals surface area contributed by atoms with Crippen molar-refractivity contribution in [3.8, 4) is 17.2 Å². The van der Waals surface area contributed by atoms with Crippen LogP contribution in [0.25, 0.3) is 16.7 Å². The van der Waals surface area contributed by atoms with Crippen molar-refractivity contribution >= 4 is 17.0 Å². The molecule has 20 heavy (non-hydrogen) atoms. The van der Waals surface area contributed by atoms with Crippen molar-refractivity contribution in [1.29, 1.82) is 0 Å². The number of rotatable bonds is 2. The lowest BCUT2D eigenvalue weighted by atomic mass is 10.2. The Bertz CT molecular complexity index is 826. The monoisotopic (exact) mass is 271 g/mol. The van der Waals surface area contributed by atoms with Crippen molar-refractivity contribution in [3.63, 3.8) is 0 Å². The fourth-order valence-corrected chi connectivity index (χ4v) is 1.84. The highest BCUT2D eigenvalue weighted by Crippen LogP contribution is 2.25. The Labute approximate surface area is 112 Å². The summed E-state index contributed by atoms with van der Waals surface area (Å²) in [5.74, 6) is -1.30. The molecule has 1 heterocycles. The first-order chi connectivity index (χ1) is 9.54. The molecule has 0 saturated carbocycles. The maximum absolute atomic E-state index is 10.9. The van der Waals surface area contributed by atoms with Crippen LogP contribution in [0.5, 0.6) is 11.5 Å². The zero-order valence-electron chi connectivity index (χ0n) is 10.1. The average Bonchev–Trinajstić information content (AvgIpc) is 2.80. The largest absolute Gasteiger partial charge is 0.508 e. The molecule has 0 aliphatic rings. The van der Waals surface area contributed by atoms with Gasteiger partial charge in [0.2, 0.25) is 0 Å². The highest BCUT2D eigenvalue weighted by Gasteiger charge is 2.11. The molecular formula is C13H9N3O4. The second-order valence-corrected chi connectivity index (χ2v) is 4.17. The standard InChI is InChI=1S/C13H9N3O4/c17-8-2-4-11(12(18)6-8)16-14-9-3-1-7(13(19)20)5-10(9)15-16/h1-6,17-18H,(H,19,20). The summed E-state index contributed by atoms with van der Waals surface area (Å²) in [6.45, 7) is 0. The van der Waals surface area contributed by atoms with E-state index in [1.54, 1.807) is 6.07 Å². The Hall–Kier alpha value is -3.09. The topological polar surface area (TPSA) is 108 Å². The Morgan fingerprint density at radius 3 is 2.45 bits per heavy atom. The number of nitrogens with zero attached hydrogens (tertiary/aromatic N) is 3. The number of aromatic carboxylic acids is 1. The lowest BCUT2D eigenvalue weighted by Gasteiger charge is -2.02. The summed E-state index contributed by atoms with van der Waals surface area (Å²) in [6, 6.07) is 8.40. The third kappa shape index (κ3) is 1.91. The number of carboxylic acids is 1. The first-order valence-electron chi connectivity index (χ1n) is 5.67. The molecule has 3 aromatic rings. The molecule has 7 heteroatoms. The number of hydrogen-bond donors (Lipinski definition) is 3. The van der Waals surface area contributed by atoms with Crippen LogP contribution >= 0.6 is 0 Å². The second kappa shape index (κ2) is 4.23. The molecule has 1 aromatic heterocycles. The van der Waals surface area contributed by atoms with Crippen molar-refractivity contribution in [2.45, 2.75) is 0 Å². The number of hydrogen-bond acceptors (Lipinski definition) is 5. The zero-order valence-corrected chi connectivity index (χ0v) is 10.1. The van der Waals surface area contributed by atoms with Gasteiger partial charge in [-0.25, -0.2) is 4.79 Å². The quantitative estimate of drug-likeness (QED) is 0.652. The van der Waals surface area contributed by atoms with Gasteiger partial charge < -0.3 is 15.3 Å². The van der Waals surface area contributed by atoms with Crippen molar-refractivity contribution in [3.05, 3.63) is 42.0 Å². The molecule has 0 atom stereocenters. The molecule has 3 N–H and O–H groups in total. The van der Waals surface area contributed by atoms with E-state index in [1.165, 1.54) is 35.1 Å². The predicted octanol–water partition coefficient (Wildman–Crippen LogP) is 1.53. The molecule has 0 spiro atoms. The van der Waals surface area contributed by atoms with Gasteiger partial charge in [-0.05, 0) is 30.3 Å². The normalized spacial score (nSPS) is 10.8. The summed E-state index contributed by atoms with van der Waals surface area (Å²) >= 11 is 0. The molecule has 100 valence electrons. The second-order valence-electron chi connectivity index (χ2n) is 4.17. The molecule has 0 saturated heterocycles. The average molecular weight is 271 g/mol. The van der Waals surface area contributed by atoms with Gasteiger partial charge in [-0.1, -0.05) is 0 Å². The molecule has 0 bridgehead atoms. The number of phenols is 2. The van der Waals surface area contributed by atoms with E-state index < -0.39 is 5.97 Å². The van der Waals surface area contributed by atoms with Gasteiger partial charge in [0.15, 0.2) is 0 Å². The minimum Gasteiger partial charge on any atom is -0.508 e. The molecular weight excluding hydrogens is 262 g/mol. The van der Waals surface area contributed by atoms with E-state index in [1.807, 2.05) is 0 Å². The van der Waals surface area contributed by atoms with Gasteiger partial charge in [-0.3, -0.25) is 0 Å². The van der Waals surface area contributed by atoms with Gasteiger partial charge in [-0.2, -0.15) is 0 Å². The van der Waals surface area contributed by atoms with Crippen molar-refractivity contribution in [2.24, 2.45) is 0 Å². The summed E-state index contributed by atoms with van der Waals surface area (Å²) in [5.41, 5.74) is 1.30. The molecule has 0 fully saturated rings. The van der Waals surface area contributed by atoms with Gasteiger partial charge in [0.1, 0.15) is 28.2 Å². The van der Waals surface area contributed by atoms with Crippen molar-refractivity contribution in [2.75, 3.05) is 0 Å². The van der Waals surface area contributed by atoms with Crippen molar-refractivity contribution < 1.29 is 20.1 Å². The number of phenolic OH excluding ortho intramolecular Hbond substituents is 2. The summed E-state index contributed by atoms with van der Waals surface area (Å²) in [6.07, 6.45) is 0. The molecule has 0 radical (unpaired) electrons. The van der Waals surface area contributed by atoms with E-state index in [0.29, 0.717) is 11.0 Å². The predicted molar refractivity (Wildman–Crippen MR) is 69.2 cm³/mol. The highest BCUT2D eigenvalue weighted by atomic mass is 16.4. The Balaban J connectivity index is 2.15. The number of benzene rings is 2. The molecule has 0 amide bonds. The van der Waals surface area contributed by atoms with E-state index >= 15 is 0 Å². The Morgan fingerprint density at radius 1 is 1.00 bits per heavy atom. The lowest BCUT2D eigenvalue weighted by Crippen LogP contribution is -1.98. The van der Waals surface area contributed by atoms with Crippen LogP contribution in [-0.4, -0.2) is 36.3 Å². The van der Waals surface area contributed by atoms with Gasteiger partial charge in [0.05, 0.1) is 5.56 Å². The van der Waals surface area contributed by atoms with E-state index in [9.17, 15) is 15.0 Å². The first-order valence-corrected chi connectivity index (χ1v) is 5.67. The van der Waals surface area contributed by atoms with Crippen LogP contribution in [0.4, 0.5) is 0 Å². The zero-order chi connectivity index (χ0) is 14.3. The van der Waals surface area contributed by atoms with E-state index in [-0.39, 0.29) is 22.7 Å². The third-order valence-corrected chi connectivity index (χ3v) is 2.80. The lowest BCUT2D eigenvalue weighted by molar-refractivity contribution is 0.0697. The highest BCUT2D eigenvalue weighted by molar-refractivity contribution is 5.92. The minimum absolute atomic E-state index is 0.0730. The summed E-state index contributed by atoms with van der Waals surface area (Å²) in [7, 11) is 0. The number of aromatic hydroxyl groups is 2. The third-order valence-electron chi connectivity index (χ3n) is 2.80. The van der Waals surface area contributed by atoms with Crippen LogP contribution < -0.4 is 0 Å². The summed E-state index contributed by atoms with van der Waals surface area (Å²) in [4.78, 5) is 12.1. The van der Waals surface area contributed by atoms with E-state index in [0.717, 1.165) is 0 Å². The molecule has 2 aromatic carbocycles. The van der Waals surface area contributed by atoms with E-state index in [2.05, 4.69) is 10.2 Å². The Kier molecular flexibility index (Phi) is 2.53. The van der Waals surface area contributed by atoms with Gasteiger partial charge in [0.25, 0.3) is 0 Å². The molecule has 0 aliphatic carbocycles. The molecule has 3 rings (SSSR count). The van der Waals surface area contributed by atoms with Crippen LogP contribution in [-0.2, 0) is 0 Å². The number of carboxylic acid groups (broad SMARTS) is 1. The number of fused-ring (bicyclic) bond motifs is 1. The van der Waals surface area contributed by atoms with Gasteiger partial charge in [0, 0.05) is 6.07 Å². The van der Waals surface area contributed by atoms with Crippen LogP contribution in [0.2, 0.25) is 0 Å². The maximum Gasteiger partial charge on any atom is 0.335 e. The smallest absolute Gasteiger partial charge is 0.335 e. The fourth-order valence-electron chi connectivity index (χ4n) is 1.84. The molecule has 0 aliphatic heterocycles. The summed E-state index contributed by atoms with van der Waals surface area (Å²) < 4.78 is 0. The van der Waals surface area contributed by atoms with Crippen LogP contribution in [0.1, 0.15) is 10.4 Å². The van der Waals surface area contributed by atoms with Gasteiger partial charge >= 0.3 is 5.97 Å². The van der Waals surface area contributed by atoms with Crippen LogP contribution in [0.15, 0.2) is 36.4 Å². The van der Waals surface area contributed by atoms with E-state index in [4.69, 9.17) is 5.11 Å². The SMILES string of the molecule is O=C(O)c1ccc2nn(-c3ccc(O)cc3O)nc2c1. The molecule has 0 unspecified atom stereocenters. The Morgan fingerprint density at radius 2 is 1.75 bits per heavy atom. The fraction of sp³-hybridized carbons (Fsp3) is 0. The molecule has 7 nitrogen and oxygen atoms in total. The van der Waals surface area contributed by atoms with Crippen LogP contribution in [0.3, 0.4) is 0 Å². The summed E-state index contributed by atoms with van der Waals surface area (Å²) in [5, 5.41) is 36.2. The maximum atomic E-state index is 10.9. The van der Waals surface area contributed by atoms with Crippen molar-refractivity contribution in [1.82, 2.24) is 15.0 Å². The first kappa shape index (κ1) is 12.0. The van der Waals surface area contributed by atoms with Gasteiger partial charge in [-0.15, -0.1) is 15.0 Å². The number of carbonyl (C=O) groups is 1. The minimum atomic E-state index is -1.05. The van der Waals surface area contributed by atoms with Crippen LogP contribution in [0, 0.1) is 0 Å².